The van der Waals surface area contributed by atoms with Gasteiger partial charge in [-0.15, -0.1) is 0 Å². The summed E-state index contributed by atoms with van der Waals surface area (Å²) in [5, 5.41) is 11.9. The molecule has 1 fully saturated rings. The number of carboxylic acids is 1. The summed E-state index contributed by atoms with van der Waals surface area (Å²) < 4.78 is 0. The van der Waals surface area contributed by atoms with E-state index >= 15 is 0 Å². The molecule has 1 aliphatic carbocycles. The van der Waals surface area contributed by atoms with Crippen molar-refractivity contribution in [2.24, 2.45) is 5.92 Å². The highest BCUT2D eigenvalue weighted by Gasteiger charge is 2.33. The summed E-state index contributed by atoms with van der Waals surface area (Å²) in [7, 11) is 0. The Bertz CT molecular complexity index is 458. The molecule has 1 aromatic rings. The molecule has 1 aromatic carbocycles. The zero-order chi connectivity index (χ0) is 14.4. The van der Waals surface area contributed by atoms with Crippen LogP contribution in [0.2, 0.25) is 0 Å². The lowest BCUT2D eigenvalue weighted by Gasteiger charge is -2.17. The van der Waals surface area contributed by atoms with Gasteiger partial charge in [0.25, 0.3) is 0 Å². The molecule has 0 saturated heterocycles. The van der Waals surface area contributed by atoms with Crippen LogP contribution in [0.5, 0.6) is 0 Å². The molecule has 1 amide bonds. The standard InChI is InChI=1S/C16H21NO3/c18-15(11-4-8-12-6-2-1-3-7-12)17-14-10-5-9-13(14)16(19)20/h1-3,6-7,13-14H,4-5,8-11H2,(H,17,18)(H,19,20). The van der Waals surface area contributed by atoms with Gasteiger partial charge in [0.2, 0.25) is 5.91 Å². The molecule has 108 valence electrons. The van der Waals surface area contributed by atoms with Crippen molar-refractivity contribution in [3.8, 4) is 0 Å². The van der Waals surface area contributed by atoms with E-state index in [9.17, 15) is 9.59 Å². The fourth-order valence-corrected chi connectivity index (χ4v) is 2.81. The molecule has 0 bridgehead atoms. The van der Waals surface area contributed by atoms with E-state index < -0.39 is 11.9 Å². The van der Waals surface area contributed by atoms with E-state index in [0.717, 1.165) is 25.7 Å². The highest BCUT2D eigenvalue weighted by molar-refractivity contribution is 5.78. The zero-order valence-electron chi connectivity index (χ0n) is 11.5. The summed E-state index contributed by atoms with van der Waals surface area (Å²) in [6.45, 7) is 0. The minimum Gasteiger partial charge on any atom is -0.481 e. The second-order valence-electron chi connectivity index (χ2n) is 5.39. The van der Waals surface area contributed by atoms with Gasteiger partial charge in [0.05, 0.1) is 5.92 Å². The number of amides is 1. The molecule has 2 unspecified atom stereocenters. The molecule has 20 heavy (non-hydrogen) atoms. The predicted octanol–water partition coefficient (Wildman–Crippen LogP) is 2.38. The average molecular weight is 275 g/mol. The number of benzene rings is 1. The van der Waals surface area contributed by atoms with Crippen LogP contribution in [0.15, 0.2) is 30.3 Å². The van der Waals surface area contributed by atoms with Crippen molar-refractivity contribution in [3.63, 3.8) is 0 Å². The number of hydrogen-bond acceptors (Lipinski definition) is 2. The lowest BCUT2D eigenvalue weighted by Crippen LogP contribution is -2.40. The number of aliphatic carboxylic acids is 1. The smallest absolute Gasteiger partial charge is 0.308 e. The molecular weight excluding hydrogens is 254 g/mol. The van der Waals surface area contributed by atoms with E-state index in [1.165, 1.54) is 5.56 Å². The molecule has 0 aliphatic heterocycles. The van der Waals surface area contributed by atoms with Gasteiger partial charge in [0.15, 0.2) is 0 Å². The van der Waals surface area contributed by atoms with Crippen LogP contribution in [-0.4, -0.2) is 23.0 Å². The quantitative estimate of drug-likeness (QED) is 0.837. The van der Waals surface area contributed by atoms with Crippen molar-refractivity contribution in [1.29, 1.82) is 0 Å². The predicted molar refractivity (Wildman–Crippen MR) is 76.3 cm³/mol. The Balaban J connectivity index is 1.71. The SMILES string of the molecule is O=C(CCCc1ccccc1)NC1CCCC1C(=O)O. The van der Waals surface area contributed by atoms with Crippen LogP contribution in [0, 0.1) is 5.92 Å². The minimum absolute atomic E-state index is 0.0286. The van der Waals surface area contributed by atoms with Crippen molar-refractivity contribution in [2.75, 3.05) is 0 Å². The third-order valence-corrected chi connectivity index (χ3v) is 3.89. The summed E-state index contributed by atoms with van der Waals surface area (Å²) in [5.74, 6) is -1.23. The average Bonchev–Trinajstić information content (AvgIpc) is 2.88. The molecular formula is C16H21NO3. The monoisotopic (exact) mass is 275 g/mol. The molecule has 1 saturated carbocycles. The minimum atomic E-state index is -0.794. The van der Waals surface area contributed by atoms with E-state index in [4.69, 9.17) is 5.11 Å². The fourth-order valence-electron chi connectivity index (χ4n) is 2.81. The molecule has 2 rings (SSSR count). The van der Waals surface area contributed by atoms with Gasteiger partial charge in [0.1, 0.15) is 0 Å². The molecule has 4 nitrogen and oxygen atoms in total. The number of aryl methyl sites for hydroxylation is 1. The third kappa shape index (κ3) is 4.08. The van der Waals surface area contributed by atoms with Crippen LogP contribution in [0.25, 0.3) is 0 Å². The van der Waals surface area contributed by atoms with E-state index in [1.807, 2.05) is 18.2 Å². The molecule has 0 aromatic heterocycles. The van der Waals surface area contributed by atoms with Crippen molar-refractivity contribution in [1.82, 2.24) is 5.32 Å². The van der Waals surface area contributed by atoms with Crippen molar-refractivity contribution in [2.45, 2.75) is 44.6 Å². The largest absolute Gasteiger partial charge is 0.481 e. The Kier molecular flexibility index (Phi) is 5.16. The van der Waals surface area contributed by atoms with Crippen LogP contribution in [0.4, 0.5) is 0 Å². The highest BCUT2D eigenvalue weighted by Crippen LogP contribution is 2.25. The Morgan fingerprint density at radius 3 is 2.65 bits per heavy atom. The van der Waals surface area contributed by atoms with Gasteiger partial charge in [-0.05, 0) is 31.2 Å². The van der Waals surface area contributed by atoms with Gasteiger partial charge >= 0.3 is 5.97 Å². The van der Waals surface area contributed by atoms with Crippen LogP contribution in [0.3, 0.4) is 0 Å². The number of carbonyl (C=O) groups excluding carboxylic acids is 1. The molecule has 0 heterocycles. The number of hydrogen-bond donors (Lipinski definition) is 2. The Labute approximate surface area is 119 Å². The summed E-state index contributed by atoms with van der Waals surface area (Å²) in [6.07, 6.45) is 4.46. The number of rotatable bonds is 6. The van der Waals surface area contributed by atoms with Gasteiger partial charge in [0, 0.05) is 12.5 Å². The topological polar surface area (TPSA) is 66.4 Å². The zero-order valence-corrected chi connectivity index (χ0v) is 11.5. The Morgan fingerprint density at radius 2 is 1.95 bits per heavy atom. The summed E-state index contributed by atoms with van der Waals surface area (Å²) in [4.78, 5) is 22.9. The van der Waals surface area contributed by atoms with Crippen LogP contribution < -0.4 is 5.32 Å². The second kappa shape index (κ2) is 7.08. The number of nitrogens with one attached hydrogen (secondary N) is 1. The van der Waals surface area contributed by atoms with Gasteiger partial charge in [-0.3, -0.25) is 9.59 Å². The Morgan fingerprint density at radius 1 is 1.20 bits per heavy atom. The van der Waals surface area contributed by atoms with Crippen LogP contribution >= 0.6 is 0 Å². The second-order valence-corrected chi connectivity index (χ2v) is 5.39. The molecule has 2 atom stereocenters. The van der Waals surface area contributed by atoms with Crippen molar-refractivity contribution >= 4 is 11.9 Å². The Hall–Kier alpha value is -1.84. The van der Waals surface area contributed by atoms with Crippen molar-refractivity contribution < 1.29 is 14.7 Å². The van der Waals surface area contributed by atoms with Crippen molar-refractivity contribution in [3.05, 3.63) is 35.9 Å². The van der Waals surface area contributed by atoms with E-state index in [0.29, 0.717) is 12.8 Å². The lowest BCUT2D eigenvalue weighted by atomic mass is 10.0. The summed E-state index contributed by atoms with van der Waals surface area (Å²) in [5.41, 5.74) is 1.23. The summed E-state index contributed by atoms with van der Waals surface area (Å²) >= 11 is 0. The first kappa shape index (κ1) is 14.6. The maximum absolute atomic E-state index is 11.9. The third-order valence-electron chi connectivity index (χ3n) is 3.89. The summed E-state index contributed by atoms with van der Waals surface area (Å²) in [6, 6.07) is 9.88. The van der Waals surface area contributed by atoms with Crippen LogP contribution in [-0.2, 0) is 16.0 Å². The van der Waals surface area contributed by atoms with Crippen LogP contribution in [0.1, 0.15) is 37.7 Å². The van der Waals surface area contributed by atoms with E-state index in [2.05, 4.69) is 17.4 Å². The molecule has 2 N–H and O–H groups in total. The maximum Gasteiger partial charge on any atom is 0.308 e. The molecule has 0 radical (unpaired) electrons. The van der Waals surface area contributed by atoms with Gasteiger partial charge in [-0.1, -0.05) is 36.8 Å². The van der Waals surface area contributed by atoms with E-state index in [-0.39, 0.29) is 11.9 Å². The van der Waals surface area contributed by atoms with E-state index in [1.54, 1.807) is 0 Å². The number of carbonyl (C=O) groups is 2. The maximum atomic E-state index is 11.9. The highest BCUT2D eigenvalue weighted by atomic mass is 16.4. The first-order valence-corrected chi connectivity index (χ1v) is 7.23. The van der Waals surface area contributed by atoms with Gasteiger partial charge in [-0.25, -0.2) is 0 Å². The van der Waals surface area contributed by atoms with Gasteiger partial charge in [-0.2, -0.15) is 0 Å². The first-order chi connectivity index (χ1) is 9.66. The molecule has 0 spiro atoms. The normalized spacial score (nSPS) is 21.6. The van der Waals surface area contributed by atoms with Gasteiger partial charge < -0.3 is 10.4 Å². The molecule has 4 heteroatoms. The number of carboxylic acid groups (broad SMARTS) is 1. The lowest BCUT2D eigenvalue weighted by molar-refractivity contribution is -0.142. The first-order valence-electron chi connectivity index (χ1n) is 7.23. The molecule has 1 aliphatic rings. The fraction of sp³-hybridized carbons (Fsp3) is 0.500.